The van der Waals surface area contributed by atoms with Crippen LogP contribution in [0.25, 0.3) is 0 Å². The molecule has 0 atom stereocenters. The van der Waals surface area contributed by atoms with Crippen LogP contribution in [0.3, 0.4) is 0 Å². The highest BCUT2D eigenvalue weighted by Gasteiger charge is 2.27. The van der Waals surface area contributed by atoms with Crippen LogP contribution in [0.5, 0.6) is 5.75 Å². The topological polar surface area (TPSA) is 32.8 Å². The summed E-state index contributed by atoms with van der Waals surface area (Å²) < 4.78 is 6.76. The van der Waals surface area contributed by atoms with Gasteiger partial charge >= 0.3 is 0 Å². The predicted octanol–water partition coefficient (Wildman–Crippen LogP) is 2.76. The molecule has 0 aromatic heterocycles. The molecule has 1 saturated heterocycles. The first-order chi connectivity index (χ1) is 10.7. The highest BCUT2D eigenvalue weighted by atomic mass is 127. The zero-order valence-electron chi connectivity index (χ0n) is 12.8. The summed E-state index contributed by atoms with van der Waals surface area (Å²) >= 11 is 2.26. The predicted molar refractivity (Wildman–Crippen MR) is 95.1 cm³/mol. The quantitative estimate of drug-likeness (QED) is 0.711. The van der Waals surface area contributed by atoms with Crippen LogP contribution in [0, 0.1) is 3.57 Å². The van der Waals surface area contributed by atoms with Gasteiger partial charge in [-0.1, -0.05) is 12.8 Å². The summed E-state index contributed by atoms with van der Waals surface area (Å²) in [7, 11) is 0. The summed E-state index contributed by atoms with van der Waals surface area (Å²) in [5.74, 6) is 0.864. The molecule has 1 aliphatic carbocycles. The summed E-state index contributed by atoms with van der Waals surface area (Å²) in [5, 5.41) is 0. The van der Waals surface area contributed by atoms with Crippen LogP contribution in [-0.2, 0) is 4.79 Å². The van der Waals surface area contributed by atoms with E-state index in [9.17, 15) is 4.79 Å². The third kappa shape index (κ3) is 4.13. The number of hydrogen-bond donors (Lipinski definition) is 0. The molecule has 120 valence electrons. The molecule has 0 radical (unpaired) electrons. The van der Waals surface area contributed by atoms with Gasteiger partial charge in [0.05, 0.1) is 0 Å². The van der Waals surface area contributed by atoms with Gasteiger partial charge in [0.1, 0.15) is 5.75 Å². The average molecular weight is 414 g/mol. The van der Waals surface area contributed by atoms with Gasteiger partial charge in [-0.3, -0.25) is 9.69 Å². The fourth-order valence-electron chi connectivity index (χ4n) is 3.37. The number of carbonyl (C=O) groups is 1. The molecule has 0 bridgehead atoms. The molecule has 5 heteroatoms. The first-order valence-electron chi connectivity index (χ1n) is 8.12. The minimum atomic E-state index is 0.102. The Balaban J connectivity index is 1.42. The van der Waals surface area contributed by atoms with E-state index in [2.05, 4.69) is 27.5 Å². The molecule has 3 rings (SSSR count). The number of hydrogen-bond acceptors (Lipinski definition) is 3. The van der Waals surface area contributed by atoms with Crippen molar-refractivity contribution in [1.29, 1.82) is 0 Å². The normalized spacial score (nSPS) is 20.3. The molecular weight excluding hydrogens is 391 g/mol. The third-order valence-electron chi connectivity index (χ3n) is 4.68. The zero-order chi connectivity index (χ0) is 15.4. The van der Waals surface area contributed by atoms with Crippen molar-refractivity contribution in [2.24, 2.45) is 0 Å². The lowest BCUT2D eigenvalue weighted by Crippen LogP contribution is -2.52. The van der Waals surface area contributed by atoms with Crippen molar-refractivity contribution in [3.63, 3.8) is 0 Å². The molecule has 1 aliphatic heterocycles. The van der Waals surface area contributed by atoms with Gasteiger partial charge in [-0.25, -0.2) is 0 Å². The van der Waals surface area contributed by atoms with E-state index in [-0.39, 0.29) is 12.5 Å². The van der Waals surface area contributed by atoms with Crippen LogP contribution in [0.4, 0.5) is 0 Å². The Morgan fingerprint density at radius 2 is 1.73 bits per heavy atom. The SMILES string of the molecule is O=C(COc1ccc(I)cc1)N1CCN(C2CCCC2)CC1. The minimum Gasteiger partial charge on any atom is -0.484 e. The second-order valence-corrected chi connectivity index (χ2v) is 7.34. The van der Waals surface area contributed by atoms with E-state index >= 15 is 0 Å². The fraction of sp³-hybridized carbons (Fsp3) is 0.588. The first kappa shape index (κ1) is 16.1. The average Bonchev–Trinajstić information content (AvgIpc) is 3.09. The molecule has 22 heavy (non-hydrogen) atoms. The second-order valence-electron chi connectivity index (χ2n) is 6.10. The Bertz CT molecular complexity index is 492. The molecule has 1 aromatic rings. The van der Waals surface area contributed by atoms with Crippen molar-refractivity contribution in [3.05, 3.63) is 27.8 Å². The lowest BCUT2D eigenvalue weighted by atomic mass is 10.2. The number of ether oxygens (including phenoxy) is 1. The number of amides is 1. The van der Waals surface area contributed by atoms with Crippen LogP contribution in [0.2, 0.25) is 0 Å². The molecule has 1 aromatic carbocycles. The number of halogens is 1. The lowest BCUT2D eigenvalue weighted by molar-refractivity contribution is -0.135. The minimum absolute atomic E-state index is 0.102. The second kappa shape index (κ2) is 7.64. The van der Waals surface area contributed by atoms with Crippen LogP contribution in [0.1, 0.15) is 25.7 Å². The van der Waals surface area contributed by atoms with Crippen molar-refractivity contribution < 1.29 is 9.53 Å². The maximum absolute atomic E-state index is 12.2. The standard InChI is InChI=1S/C17H23IN2O2/c18-14-5-7-16(8-6-14)22-13-17(21)20-11-9-19(10-12-20)15-3-1-2-4-15/h5-8,15H,1-4,9-13H2. The van der Waals surface area contributed by atoms with Crippen molar-refractivity contribution >= 4 is 28.5 Å². The summed E-state index contributed by atoms with van der Waals surface area (Å²) in [6.45, 7) is 3.85. The summed E-state index contributed by atoms with van der Waals surface area (Å²) in [4.78, 5) is 16.8. The molecule has 0 unspecified atom stereocenters. The third-order valence-corrected chi connectivity index (χ3v) is 5.40. The maximum Gasteiger partial charge on any atom is 0.260 e. The lowest BCUT2D eigenvalue weighted by Gasteiger charge is -2.38. The Morgan fingerprint density at radius 3 is 2.36 bits per heavy atom. The molecular formula is C17H23IN2O2. The number of carbonyl (C=O) groups excluding carboxylic acids is 1. The van der Waals surface area contributed by atoms with Crippen LogP contribution < -0.4 is 4.74 Å². The van der Waals surface area contributed by atoms with Crippen molar-refractivity contribution in [3.8, 4) is 5.75 Å². The summed E-state index contributed by atoms with van der Waals surface area (Å²) in [5.41, 5.74) is 0. The summed E-state index contributed by atoms with van der Waals surface area (Å²) in [6.07, 6.45) is 5.41. The summed E-state index contributed by atoms with van der Waals surface area (Å²) in [6, 6.07) is 8.56. The van der Waals surface area contributed by atoms with Crippen LogP contribution in [0.15, 0.2) is 24.3 Å². The molecule has 1 heterocycles. The van der Waals surface area contributed by atoms with Gasteiger partial charge in [0.2, 0.25) is 0 Å². The molecule has 4 nitrogen and oxygen atoms in total. The maximum atomic E-state index is 12.2. The molecule has 0 N–H and O–H groups in total. The van der Waals surface area contributed by atoms with E-state index < -0.39 is 0 Å². The Labute approximate surface area is 145 Å². The smallest absolute Gasteiger partial charge is 0.260 e. The number of nitrogens with zero attached hydrogens (tertiary/aromatic N) is 2. The molecule has 2 fully saturated rings. The van der Waals surface area contributed by atoms with Crippen molar-refractivity contribution in [2.75, 3.05) is 32.8 Å². The highest BCUT2D eigenvalue weighted by Crippen LogP contribution is 2.24. The zero-order valence-corrected chi connectivity index (χ0v) is 15.0. The molecule has 1 amide bonds. The first-order valence-corrected chi connectivity index (χ1v) is 9.20. The van der Waals surface area contributed by atoms with Gasteiger partial charge in [-0.15, -0.1) is 0 Å². The molecule has 2 aliphatic rings. The monoisotopic (exact) mass is 414 g/mol. The largest absolute Gasteiger partial charge is 0.484 e. The fourth-order valence-corrected chi connectivity index (χ4v) is 3.73. The van der Waals surface area contributed by atoms with Crippen LogP contribution in [-0.4, -0.2) is 54.5 Å². The van der Waals surface area contributed by atoms with Gasteiger partial charge in [-0.2, -0.15) is 0 Å². The highest BCUT2D eigenvalue weighted by molar-refractivity contribution is 14.1. The number of piperazine rings is 1. The Morgan fingerprint density at radius 1 is 1.09 bits per heavy atom. The Hall–Kier alpha value is -0.820. The molecule has 1 saturated carbocycles. The number of benzene rings is 1. The molecule has 0 spiro atoms. The van der Waals surface area contributed by atoms with E-state index in [1.807, 2.05) is 29.2 Å². The van der Waals surface area contributed by atoms with E-state index in [0.717, 1.165) is 38.0 Å². The van der Waals surface area contributed by atoms with Crippen LogP contribution >= 0.6 is 22.6 Å². The van der Waals surface area contributed by atoms with Crippen molar-refractivity contribution in [1.82, 2.24) is 9.80 Å². The van der Waals surface area contributed by atoms with Gasteiger partial charge in [0, 0.05) is 35.8 Å². The van der Waals surface area contributed by atoms with Gasteiger partial charge in [-0.05, 0) is 59.7 Å². The van der Waals surface area contributed by atoms with E-state index in [1.165, 1.54) is 29.3 Å². The van der Waals surface area contributed by atoms with E-state index in [4.69, 9.17) is 4.74 Å². The van der Waals surface area contributed by atoms with Gasteiger partial charge in [0.25, 0.3) is 5.91 Å². The number of rotatable bonds is 4. The van der Waals surface area contributed by atoms with E-state index in [0.29, 0.717) is 0 Å². The van der Waals surface area contributed by atoms with Crippen molar-refractivity contribution in [2.45, 2.75) is 31.7 Å². The van der Waals surface area contributed by atoms with Gasteiger partial charge < -0.3 is 9.64 Å². The van der Waals surface area contributed by atoms with Gasteiger partial charge in [0.15, 0.2) is 6.61 Å². The Kier molecular flexibility index (Phi) is 5.57. The van der Waals surface area contributed by atoms with E-state index in [1.54, 1.807) is 0 Å².